The first kappa shape index (κ1) is 23.4. The standard InChI is InChI=1S/C22H32N6.HI/c1-4-23-20(26-18-22(2,3)17-19-9-6-5-7-10-19)27-13-15-28(16-14-27)21-24-11-8-12-25-21;/h5-12H,4,13-18H2,1-3H3,(H,23,26);1H. The molecular formula is C22H33IN6. The molecule has 1 aromatic carbocycles. The van der Waals surface area contributed by atoms with Crippen LogP contribution in [0, 0.1) is 5.41 Å². The molecule has 2 heterocycles. The number of piperazine rings is 1. The number of guanidine groups is 1. The van der Waals surface area contributed by atoms with Crippen molar-refractivity contribution in [3.05, 3.63) is 54.4 Å². The summed E-state index contributed by atoms with van der Waals surface area (Å²) in [6.45, 7) is 12.0. The number of halogens is 1. The predicted molar refractivity (Wildman–Crippen MR) is 131 cm³/mol. The second-order valence-corrected chi connectivity index (χ2v) is 8.02. The molecule has 1 saturated heterocycles. The van der Waals surface area contributed by atoms with Crippen molar-refractivity contribution in [3.63, 3.8) is 0 Å². The lowest BCUT2D eigenvalue weighted by atomic mass is 9.86. The quantitative estimate of drug-likeness (QED) is 0.368. The van der Waals surface area contributed by atoms with Crippen LogP contribution in [0.25, 0.3) is 0 Å². The largest absolute Gasteiger partial charge is 0.357 e. The van der Waals surface area contributed by atoms with E-state index in [0.29, 0.717) is 0 Å². The molecule has 0 aliphatic carbocycles. The number of aliphatic imine (C=N–C) groups is 1. The van der Waals surface area contributed by atoms with Gasteiger partial charge < -0.3 is 15.1 Å². The van der Waals surface area contributed by atoms with Crippen LogP contribution in [0.15, 0.2) is 53.8 Å². The molecule has 1 aliphatic rings. The number of anilines is 1. The Bertz CT molecular complexity index is 742. The molecule has 0 unspecified atom stereocenters. The van der Waals surface area contributed by atoms with Gasteiger partial charge in [0.1, 0.15) is 0 Å². The number of nitrogens with zero attached hydrogens (tertiary/aromatic N) is 5. The fourth-order valence-electron chi connectivity index (χ4n) is 3.49. The highest BCUT2D eigenvalue weighted by atomic mass is 127. The van der Waals surface area contributed by atoms with Gasteiger partial charge in [-0.2, -0.15) is 0 Å². The molecule has 29 heavy (non-hydrogen) atoms. The summed E-state index contributed by atoms with van der Waals surface area (Å²) in [5.74, 6) is 1.82. The van der Waals surface area contributed by atoms with Gasteiger partial charge in [0.25, 0.3) is 0 Å². The highest BCUT2D eigenvalue weighted by Gasteiger charge is 2.23. The molecule has 1 N–H and O–H groups in total. The van der Waals surface area contributed by atoms with Gasteiger partial charge in [0.05, 0.1) is 0 Å². The van der Waals surface area contributed by atoms with Crippen LogP contribution in [0.5, 0.6) is 0 Å². The topological polar surface area (TPSA) is 56.7 Å². The molecule has 0 bridgehead atoms. The molecular weight excluding hydrogens is 475 g/mol. The number of rotatable bonds is 6. The third kappa shape index (κ3) is 7.13. The Balaban J connectivity index is 0.00000300. The number of aromatic nitrogens is 2. The van der Waals surface area contributed by atoms with E-state index < -0.39 is 0 Å². The van der Waals surface area contributed by atoms with Crippen molar-refractivity contribution in [1.82, 2.24) is 20.2 Å². The van der Waals surface area contributed by atoms with E-state index >= 15 is 0 Å². The molecule has 6 nitrogen and oxygen atoms in total. The number of hydrogen-bond donors (Lipinski definition) is 1. The van der Waals surface area contributed by atoms with E-state index in [4.69, 9.17) is 4.99 Å². The first-order valence-corrected chi connectivity index (χ1v) is 10.2. The molecule has 2 aromatic rings. The Morgan fingerprint density at radius 1 is 1.03 bits per heavy atom. The monoisotopic (exact) mass is 508 g/mol. The molecule has 0 amide bonds. The SMILES string of the molecule is CCNC(=NCC(C)(C)Cc1ccccc1)N1CCN(c2ncccn2)CC1.I. The minimum absolute atomic E-state index is 0. The van der Waals surface area contributed by atoms with E-state index in [2.05, 4.69) is 76.2 Å². The van der Waals surface area contributed by atoms with Crippen molar-refractivity contribution in [2.45, 2.75) is 27.2 Å². The minimum Gasteiger partial charge on any atom is -0.357 e. The Morgan fingerprint density at radius 2 is 1.69 bits per heavy atom. The summed E-state index contributed by atoms with van der Waals surface area (Å²) in [5, 5.41) is 3.47. The third-order valence-corrected chi connectivity index (χ3v) is 4.93. The van der Waals surface area contributed by atoms with E-state index in [-0.39, 0.29) is 29.4 Å². The lowest BCUT2D eigenvalue weighted by Gasteiger charge is -2.36. The number of nitrogens with one attached hydrogen (secondary N) is 1. The first-order valence-electron chi connectivity index (χ1n) is 10.2. The normalized spacial score (nSPS) is 15.1. The van der Waals surface area contributed by atoms with Gasteiger partial charge in [-0.1, -0.05) is 44.2 Å². The zero-order chi connectivity index (χ0) is 19.8. The summed E-state index contributed by atoms with van der Waals surface area (Å²) in [5.41, 5.74) is 1.48. The lowest BCUT2D eigenvalue weighted by Crippen LogP contribution is -2.53. The van der Waals surface area contributed by atoms with E-state index in [1.807, 2.05) is 6.07 Å². The van der Waals surface area contributed by atoms with Crippen molar-refractivity contribution < 1.29 is 0 Å². The second-order valence-electron chi connectivity index (χ2n) is 8.02. The van der Waals surface area contributed by atoms with Crippen molar-refractivity contribution in [2.75, 3.05) is 44.2 Å². The van der Waals surface area contributed by atoms with Gasteiger partial charge in [0, 0.05) is 51.7 Å². The fourth-order valence-corrected chi connectivity index (χ4v) is 3.49. The van der Waals surface area contributed by atoms with Gasteiger partial charge in [-0.25, -0.2) is 9.97 Å². The third-order valence-electron chi connectivity index (χ3n) is 4.93. The summed E-state index contributed by atoms with van der Waals surface area (Å²) >= 11 is 0. The van der Waals surface area contributed by atoms with Gasteiger partial charge in [0.15, 0.2) is 5.96 Å². The first-order chi connectivity index (χ1) is 13.6. The smallest absolute Gasteiger partial charge is 0.225 e. The molecule has 0 spiro atoms. The summed E-state index contributed by atoms with van der Waals surface area (Å²) in [4.78, 5) is 18.3. The van der Waals surface area contributed by atoms with Crippen molar-refractivity contribution in [1.29, 1.82) is 0 Å². The van der Waals surface area contributed by atoms with E-state index in [0.717, 1.165) is 57.6 Å². The summed E-state index contributed by atoms with van der Waals surface area (Å²) < 4.78 is 0. The van der Waals surface area contributed by atoms with E-state index in [9.17, 15) is 0 Å². The summed E-state index contributed by atoms with van der Waals surface area (Å²) in [6.07, 6.45) is 4.62. The molecule has 158 valence electrons. The highest BCUT2D eigenvalue weighted by molar-refractivity contribution is 14.0. The Kier molecular flexibility index (Phi) is 9.13. The van der Waals surface area contributed by atoms with Crippen molar-refractivity contribution >= 4 is 35.9 Å². The van der Waals surface area contributed by atoms with Gasteiger partial charge in [0.2, 0.25) is 5.95 Å². The number of hydrogen-bond acceptors (Lipinski definition) is 4. The molecule has 1 fully saturated rings. The fraction of sp³-hybridized carbons (Fsp3) is 0.500. The lowest BCUT2D eigenvalue weighted by molar-refractivity contribution is 0.352. The second kappa shape index (κ2) is 11.3. The predicted octanol–water partition coefficient (Wildman–Crippen LogP) is 3.45. The molecule has 0 atom stereocenters. The Hall–Kier alpha value is -1.90. The van der Waals surface area contributed by atoms with Gasteiger partial charge in [-0.3, -0.25) is 4.99 Å². The average molecular weight is 508 g/mol. The van der Waals surface area contributed by atoms with Crippen LogP contribution in [0.2, 0.25) is 0 Å². The van der Waals surface area contributed by atoms with Gasteiger partial charge >= 0.3 is 0 Å². The van der Waals surface area contributed by atoms with Gasteiger partial charge in [-0.15, -0.1) is 24.0 Å². The molecule has 1 aliphatic heterocycles. The molecule has 3 rings (SSSR count). The van der Waals surface area contributed by atoms with Crippen molar-refractivity contribution in [3.8, 4) is 0 Å². The molecule has 0 radical (unpaired) electrons. The Labute approximate surface area is 191 Å². The van der Waals surface area contributed by atoms with Crippen LogP contribution in [0.3, 0.4) is 0 Å². The van der Waals surface area contributed by atoms with Crippen LogP contribution in [-0.4, -0.2) is 60.1 Å². The maximum absolute atomic E-state index is 4.98. The van der Waals surface area contributed by atoms with Crippen molar-refractivity contribution in [2.24, 2.45) is 10.4 Å². The summed E-state index contributed by atoms with van der Waals surface area (Å²) in [7, 11) is 0. The van der Waals surface area contributed by atoms with Gasteiger partial charge in [-0.05, 0) is 30.4 Å². The van der Waals surface area contributed by atoms with Crippen LogP contribution in [0.4, 0.5) is 5.95 Å². The zero-order valence-corrected chi connectivity index (χ0v) is 20.0. The van der Waals surface area contributed by atoms with E-state index in [1.165, 1.54) is 5.56 Å². The van der Waals surface area contributed by atoms with E-state index in [1.54, 1.807) is 12.4 Å². The molecule has 0 saturated carbocycles. The summed E-state index contributed by atoms with van der Waals surface area (Å²) in [6, 6.07) is 12.5. The average Bonchev–Trinajstić information content (AvgIpc) is 2.72. The molecule has 1 aromatic heterocycles. The van der Waals surface area contributed by atoms with Crippen LogP contribution in [-0.2, 0) is 6.42 Å². The maximum Gasteiger partial charge on any atom is 0.225 e. The van der Waals surface area contributed by atoms with Crippen LogP contribution in [0.1, 0.15) is 26.3 Å². The minimum atomic E-state index is 0. The maximum atomic E-state index is 4.98. The molecule has 7 heteroatoms. The number of benzene rings is 1. The Morgan fingerprint density at radius 3 is 2.31 bits per heavy atom. The zero-order valence-electron chi connectivity index (χ0n) is 17.7. The highest BCUT2D eigenvalue weighted by Crippen LogP contribution is 2.22. The van der Waals surface area contributed by atoms with Crippen LogP contribution >= 0.6 is 24.0 Å². The van der Waals surface area contributed by atoms with Crippen LogP contribution < -0.4 is 10.2 Å².